The number of hydrogen-bond donors (Lipinski definition) is 2. The molecule has 0 aromatic heterocycles. The average Bonchev–Trinajstić information content (AvgIpc) is 2.39. The summed E-state index contributed by atoms with van der Waals surface area (Å²) in [5.74, 6) is -0.185. The summed E-state index contributed by atoms with van der Waals surface area (Å²) in [6.07, 6.45) is 0.965. The van der Waals surface area contributed by atoms with Crippen LogP contribution in [0.3, 0.4) is 0 Å². The molecular formula is C15H22FNO3. The van der Waals surface area contributed by atoms with Gasteiger partial charge in [-0.25, -0.2) is 4.39 Å². The van der Waals surface area contributed by atoms with Gasteiger partial charge in [-0.3, -0.25) is 0 Å². The molecule has 112 valence electrons. The van der Waals surface area contributed by atoms with E-state index < -0.39 is 11.4 Å². The second-order valence-electron chi connectivity index (χ2n) is 5.57. The normalized spacial score (nSPS) is 22.3. The molecule has 1 aliphatic heterocycles. The zero-order chi connectivity index (χ0) is 14.6. The fourth-order valence-electron chi connectivity index (χ4n) is 2.61. The quantitative estimate of drug-likeness (QED) is 0.860. The first-order valence-corrected chi connectivity index (χ1v) is 6.86. The number of benzene rings is 1. The number of hydrogen-bond acceptors (Lipinski definition) is 4. The number of rotatable bonds is 5. The topological polar surface area (TPSA) is 50.7 Å². The van der Waals surface area contributed by atoms with Crippen LogP contribution >= 0.6 is 0 Å². The lowest BCUT2D eigenvalue weighted by atomic mass is 9.89. The Bertz CT molecular complexity index is 445. The Hall–Kier alpha value is -1.17. The molecule has 1 saturated heterocycles. The van der Waals surface area contributed by atoms with Crippen LogP contribution in [0.5, 0.6) is 5.75 Å². The van der Waals surface area contributed by atoms with Gasteiger partial charge < -0.3 is 19.9 Å². The van der Waals surface area contributed by atoms with Gasteiger partial charge in [0.05, 0.1) is 25.9 Å². The number of aliphatic hydroxyl groups is 1. The molecule has 0 bridgehead atoms. The number of halogens is 1. The summed E-state index contributed by atoms with van der Waals surface area (Å²) < 4.78 is 23.9. The first-order chi connectivity index (χ1) is 9.50. The summed E-state index contributed by atoms with van der Waals surface area (Å²) in [6.45, 7) is 3.89. The van der Waals surface area contributed by atoms with Gasteiger partial charge >= 0.3 is 0 Å². The van der Waals surface area contributed by atoms with Gasteiger partial charge in [0.1, 0.15) is 0 Å². The molecular weight excluding hydrogens is 261 g/mol. The molecule has 2 rings (SSSR count). The molecule has 1 aromatic rings. The number of nitrogens with one attached hydrogen (secondary N) is 1. The third kappa shape index (κ3) is 4.16. The summed E-state index contributed by atoms with van der Waals surface area (Å²) >= 11 is 0. The van der Waals surface area contributed by atoms with Gasteiger partial charge in [-0.05, 0) is 31.0 Å². The highest BCUT2D eigenvalue weighted by Crippen LogP contribution is 2.23. The van der Waals surface area contributed by atoms with Crippen molar-refractivity contribution in [1.29, 1.82) is 0 Å². The zero-order valence-corrected chi connectivity index (χ0v) is 12.0. The molecule has 20 heavy (non-hydrogen) atoms. The van der Waals surface area contributed by atoms with E-state index >= 15 is 0 Å². The van der Waals surface area contributed by atoms with Crippen LogP contribution in [0.15, 0.2) is 18.2 Å². The second kappa shape index (κ2) is 6.52. The van der Waals surface area contributed by atoms with Crippen LogP contribution in [-0.2, 0) is 11.2 Å². The molecule has 5 heteroatoms. The Labute approximate surface area is 118 Å². The molecule has 2 atom stereocenters. The van der Waals surface area contributed by atoms with Gasteiger partial charge in [0.2, 0.25) is 0 Å². The highest BCUT2D eigenvalue weighted by Gasteiger charge is 2.27. The zero-order valence-electron chi connectivity index (χ0n) is 12.0. The number of methoxy groups -OCH3 is 1. The van der Waals surface area contributed by atoms with Crippen LogP contribution in [-0.4, -0.2) is 43.6 Å². The van der Waals surface area contributed by atoms with E-state index in [1.54, 1.807) is 19.1 Å². The third-order valence-corrected chi connectivity index (χ3v) is 3.49. The highest BCUT2D eigenvalue weighted by atomic mass is 19.1. The highest BCUT2D eigenvalue weighted by molar-refractivity contribution is 5.30. The van der Waals surface area contributed by atoms with Gasteiger partial charge in [-0.15, -0.1) is 0 Å². The van der Waals surface area contributed by atoms with Gasteiger partial charge in [0.25, 0.3) is 0 Å². The van der Waals surface area contributed by atoms with Gasteiger partial charge in [0.15, 0.2) is 11.6 Å². The number of ether oxygens (including phenoxy) is 2. The average molecular weight is 283 g/mol. The van der Waals surface area contributed by atoms with Gasteiger partial charge in [-0.2, -0.15) is 0 Å². The predicted octanol–water partition coefficient (Wildman–Crippen LogP) is 1.51. The van der Waals surface area contributed by atoms with Crippen molar-refractivity contribution in [2.24, 2.45) is 0 Å². The molecule has 2 unspecified atom stereocenters. The minimum atomic E-state index is -0.903. The molecule has 1 fully saturated rings. The fraction of sp³-hybridized carbons (Fsp3) is 0.600. The summed E-state index contributed by atoms with van der Waals surface area (Å²) in [5.41, 5.74) is -0.149. The van der Waals surface area contributed by atoms with E-state index in [1.165, 1.54) is 13.2 Å². The maximum atomic E-state index is 13.6. The van der Waals surface area contributed by atoms with Crippen molar-refractivity contribution in [2.75, 3.05) is 26.9 Å². The molecule has 0 aliphatic carbocycles. The van der Waals surface area contributed by atoms with Crippen molar-refractivity contribution in [3.8, 4) is 5.75 Å². The Morgan fingerprint density at radius 1 is 1.55 bits per heavy atom. The minimum absolute atomic E-state index is 0.141. The smallest absolute Gasteiger partial charge is 0.165 e. The monoisotopic (exact) mass is 283 g/mol. The van der Waals surface area contributed by atoms with E-state index in [9.17, 15) is 9.50 Å². The summed E-state index contributed by atoms with van der Waals surface area (Å²) in [7, 11) is 1.43. The van der Waals surface area contributed by atoms with Crippen LogP contribution in [0.4, 0.5) is 4.39 Å². The first-order valence-electron chi connectivity index (χ1n) is 6.86. The summed E-state index contributed by atoms with van der Waals surface area (Å²) in [6, 6.07) is 4.92. The van der Waals surface area contributed by atoms with E-state index in [0.717, 1.165) is 12.1 Å². The van der Waals surface area contributed by atoms with Crippen molar-refractivity contribution in [3.63, 3.8) is 0 Å². The van der Waals surface area contributed by atoms with E-state index in [0.29, 0.717) is 26.1 Å². The largest absolute Gasteiger partial charge is 0.494 e. The van der Waals surface area contributed by atoms with Crippen molar-refractivity contribution in [1.82, 2.24) is 5.32 Å². The standard InChI is InChI=1S/C15H22FNO3/c1-15(18,9-12-10-20-6-5-17-12)8-11-3-4-14(19-2)13(16)7-11/h3-4,7,12,17-18H,5-6,8-10H2,1-2H3. The molecule has 0 radical (unpaired) electrons. The maximum absolute atomic E-state index is 13.6. The Balaban J connectivity index is 1.97. The lowest BCUT2D eigenvalue weighted by molar-refractivity contribution is 0.00647. The van der Waals surface area contributed by atoms with Crippen molar-refractivity contribution in [2.45, 2.75) is 31.4 Å². The van der Waals surface area contributed by atoms with Gasteiger partial charge in [0, 0.05) is 19.0 Å². The maximum Gasteiger partial charge on any atom is 0.165 e. The van der Waals surface area contributed by atoms with Crippen LogP contribution in [0, 0.1) is 5.82 Å². The Morgan fingerprint density at radius 3 is 2.95 bits per heavy atom. The lowest BCUT2D eigenvalue weighted by Crippen LogP contribution is -2.46. The first kappa shape index (κ1) is 15.2. The summed E-state index contributed by atoms with van der Waals surface area (Å²) in [4.78, 5) is 0. The summed E-state index contributed by atoms with van der Waals surface area (Å²) in [5, 5.41) is 13.8. The van der Waals surface area contributed by atoms with E-state index in [2.05, 4.69) is 5.32 Å². The van der Waals surface area contributed by atoms with E-state index in [-0.39, 0.29) is 11.8 Å². The fourth-order valence-corrected chi connectivity index (χ4v) is 2.61. The van der Waals surface area contributed by atoms with Crippen LogP contribution in [0.2, 0.25) is 0 Å². The van der Waals surface area contributed by atoms with Crippen molar-refractivity contribution >= 4 is 0 Å². The molecule has 1 heterocycles. The minimum Gasteiger partial charge on any atom is -0.494 e. The van der Waals surface area contributed by atoms with Crippen LogP contribution in [0.25, 0.3) is 0 Å². The van der Waals surface area contributed by atoms with Crippen LogP contribution in [0.1, 0.15) is 18.9 Å². The molecule has 0 saturated carbocycles. The molecule has 4 nitrogen and oxygen atoms in total. The second-order valence-corrected chi connectivity index (χ2v) is 5.57. The van der Waals surface area contributed by atoms with Crippen LogP contribution < -0.4 is 10.1 Å². The lowest BCUT2D eigenvalue weighted by Gasteiger charge is -2.31. The molecule has 1 aliphatic rings. The molecule has 0 spiro atoms. The molecule has 0 amide bonds. The third-order valence-electron chi connectivity index (χ3n) is 3.49. The Morgan fingerprint density at radius 2 is 2.35 bits per heavy atom. The SMILES string of the molecule is COc1ccc(CC(C)(O)CC2COCCN2)cc1F. The molecule has 1 aromatic carbocycles. The Kier molecular flexibility index (Phi) is 4.96. The van der Waals surface area contributed by atoms with Crippen molar-refractivity contribution in [3.05, 3.63) is 29.6 Å². The number of morpholine rings is 1. The van der Waals surface area contributed by atoms with Gasteiger partial charge in [-0.1, -0.05) is 6.07 Å². The predicted molar refractivity (Wildman–Crippen MR) is 74.5 cm³/mol. The molecule has 2 N–H and O–H groups in total. The van der Waals surface area contributed by atoms with E-state index in [4.69, 9.17) is 9.47 Å². The van der Waals surface area contributed by atoms with E-state index in [1.807, 2.05) is 0 Å². The van der Waals surface area contributed by atoms with Crippen molar-refractivity contribution < 1.29 is 19.0 Å².